The van der Waals surface area contributed by atoms with Crippen LogP contribution in [0.4, 0.5) is 11.4 Å². The fourth-order valence-electron chi connectivity index (χ4n) is 3.51. The Morgan fingerprint density at radius 1 is 0.933 bits per heavy atom. The molecule has 0 unspecified atom stereocenters. The number of rotatable bonds is 5. The summed E-state index contributed by atoms with van der Waals surface area (Å²) in [7, 11) is 0. The summed E-state index contributed by atoms with van der Waals surface area (Å²) in [6.45, 7) is 3.90. The average Bonchev–Trinajstić information content (AvgIpc) is 2.99. The van der Waals surface area contributed by atoms with Crippen LogP contribution in [-0.4, -0.2) is 17.9 Å². The molecule has 0 bridgehead atoms. The molecule has 1 aliphatic rings. The molecule has 1 saturated heterocycles. The predicted molar refractivity (Wildman–Crippen MR) is 121 cm³/mol. The molecule has 0 aromatic heterocycles. The molecule has 4 rings (SSSR count). The number of imide groups is 1. The van der Waals surface area contributed by atoms with Crippen molar-refractivity contribution < 1.29 is 14.3 Å². The zero-order valence-electron chi connectivity index (χ0n) is 16.7. The number of hydrogen-bond donors (Lipinski definition) is 1. The zero-order chi connectivity index (χ0) is 21.3. The minimum atomic E-state index is -0.587. The normalized spacial score (nSPS) is 16.1. The van der Waals surface area contributed by atoms with E-state index in [9.17, 15) is 9.59 Å². The van der Waals surface area contributed by atoms with Crippen LogP contribution in [0.25, 0.3) is 0 Å². The smallest absolute Gasteiger partial charge is 0.256 e. The summed E-state index contributed by atoms with van der Waals surface area (Å²) in [6.07, 6.45) is 0.128. The van der Waals surface area contributed by atoms with Gasteiger partial charge >= 0.3 is 0 Å². The first-order valence-corrected chi connectivity index (χ1v) is 10.4. The molecule has 1 aliphatic heterocycles. The third kappa shape index (κ3) is 4.24. The highest BCUT2D eigenvalue weighted by molar-refractivity contribution is 9.10. The van der Waals surface area contributed by atoms with Crippen LogP contribution in [0, 0.1) is 13.8 Å². The number of carbonyl (C=O) groups is 2. The number of aryl methyl sites for hydroxylation is 2. The van der Waals surface area contributed by atoms with E-state index in [0.29, 0.717) is 11.4 Å². The van der Waals surface area contributed by atoms with Gasteiger partial charge < -0.3 is 10.1 Å². The molecule has 0 aliphatic carbocycles. The Balaban J connectivity index is 1.44. The Morgan fingerprint density at radius 2 is 1.57 bits per heavy atom. The van der Waals surface area contributed by atoms with Gasteiger partial charge in [-0.25, -0.2) is 4.90 Å². The highest BCUT2D eigenvalue weighted by Gasteiger charge is 2.40. The zero-order valence-corrected chi connectivity index (χ0v) is 18.3. The van der Waals surface area contributed by atoms with Crippen molar-refractivity contribution in [3.8, 4) is 11.5 Å². The maximum atomic E-state index is 12.9. The van der Waals surface area contributed by atoms with Crippen LogP contribution >= 0.6 is 15.9 Å². The van der Waals surface area contributed by atoms with E-state index in [1.54, 1.807) is 0 Å². The molecule has 0 spiro atoms. The van der Waals surface area contributed by atoms with Crippen molar-refractivity contribution in [3.63, 3.8) is 0 Å². The van der Waals surface area contributed by atoms with Gasteiger partial charge in [-0.1, -0.05) is 33.6 Å². The van der Waals surface area contributed by atoms with Gasteiger partial charge in [-0.05, 0) is 74.0 Å². The summed E-state index contributed by atoms with van der Waals surface area (Å²) in [6, 6.07) is 20.0. The SMILES string of the molecule is Cc1ccc(N2C(=O)C[C@@H](Nc3ccc(Oc4ccc(Br)cc4)cc3)C2=O)c(C)c1. The fraction of sp³-hybridized carbons (Fsp3) is 0.167. The largest absolute Gasteiger partial charge is 0.457 e. The topological polar surface area (TPSA) is 58.6 Å². The molecule has 0 radical (unpaired) electrons. The van der Waals surface area contributed by atoms with Crippen molar-refractivity contribution in [2.24, 2.45) is 0 Å². The van der Waals surface area contributed by atoms with E-state index in [0.717, 1.165) is 27.0 Å². The molecule has 1 fully saturated rings. The minimum absolute atomic E-state index is 0.128. The Kier molecular flexibility index (Phi) is 5.59. The molecule has 2 amide bonds. The van der Waals surface area contributed by atoms with Crippen molar-refractivity contribution in [1.29, 1.82) is 0 Å². The van der Waals surface area contributed by atoms with Gasteiger partial charge in [0.05, 0.1) is 12.1 Å². The maximum absolute atomic E-state index is 12.9. The summed E-state index contributed by atoms with van der Waals surface area (Å²) in [4.78, 5) is 26.7. The lowest BCUT2D eigenvalue weighted by molar-refractivity contribution is -0.121. The lowest BCUT2D eigenvalue weighted by atomic mass is 10.1. The molecule has 5 nitrogen and oxygen atoms in total. The predicted octanol–water partition coefficient (Wildman–Crippen LogP) is 5.60. The monoisotopic (exact) mass is 464 g/mol. The summed E-state index contributed by atoms with van der Waals surface area (Å²) < 4.78 is 6.80. The lowest BCUT2D eigenvalue weighted by Crippen LogP contribution is -2.35. The maximum Gasteiger partial charge on any atom is 0.256 e. The van der Waals surface area contributed by atoms with Crippen LogP contribution in [0.15, 0.2) is 71.2 Å². The standard InChI is InChI=1S/C24H21BrN2O3/c1-15-3-12-22(16(2)13-15)27-23(28)14-21(24(27)29)26-18-6-10-20(11-7-18)30-19-8-4-17(25)5-9-19/h3-13,21,26H,14H2,1-2H3/t21-/m1/s1. The van der Waals surface area contributed by atoms with E-state index in [4.69, 9.17) is 4.74 Å². The van der Waals surface area contributed by atoms with Gasteiger partial charge in [0.1, 0.15) is 17.5 Å². The first-order chi connectivity index (χ1) is 14.4. The van der Waals surface area contributed by atoms with Gasteiger partial charge in [-0.2, -0.15) is 0 Å². The number of hydrogen-bond acceptors (Lipinski definition) is 4. The fourth-order valence-corrected chi connectivity index (χ4v) is 3.78. The number of carbonyl (C=O) groups excluding carboxylic acids is 2. The molecular formula is C24H21BrN2O3. The van der Waals surface area contributed by atoms with Crippen LogP contribution in [0.5, 0.6) is 11.5 Å². The van der Waals surface area contributed by atoms with Crippen LogP contribution in [-0.2, 0) is 9.59 Å². The number of amides is 2. The highest BCUT2D eigenvalue weighted by atomic mass is 79.9. The molecule has 3 aromatic carbocycles. The van der Waals surface area contributed by atoms with Gasteiger partial charge in [0.15, 0.2) is 0 Å². The van der Waals surface area contributed by atoms with Crippen molar-refractivity contribution in [2.45, 2.75) is 26.3 Å². The lowest BCUT2D eigenvalue weighted by Gasteiger charge is -2.18. The van der Waals surface area contributed by atoms with Gasteiger partial charge in [-0.3, -0.25) is 9.59 Å². The second kappa shape index (κ2) is 8.32. The number of nitrogens with zero attached hydrogens (tertiary/aromatic N) is 1. The van der Waals surface area contributed by atoms with Crippen molar-refractivity contribution in [3.05, 3.63) is 82.3 Å². The molecule has 30 heavy (non-hydrogen) atoms. The molecule has 1 N–H and O–H groups in total. The summed E-state index contributed by atoms with van der Waals surface area (Å²) in [5, 5.41) is 3.18. The number of halogens is 1. The van der Waals surface area contributed by atoms with Gasteiger partial charge in [0, 0.05) is 10.2 Å². The summed E-state index contributed by atoms with van der Waals surface area (Å²) in [5.74, 6) is 0.995. The Morgan fingerprint density at radius 3 is 2.20 bits per heavy atom. The van der Waals surface area contributed by atoms with Gasteiger partial charge in [0.2, 0.25) is 5.91 Å². The van der Waals surface area contributed by atoms with Crippen LogP contribution in [0.2, 0.25) is 0 Å². The van der Waals surface area contributed by atoms with Gasteiger partial charge in [0.25, 0.3) is 5.91 Å². The molecule has 1 atom stereocenters. The van der Waals surface area contributed by atoms with Crippen molar-refractivity contribution >= 4 is 39.1 Å². The second-order valence-corrected chi connectivity index (χ2v) is 8.25. The average molecular weight is 465 g/mol. The van der Waals surface area contributed by atoms with Crippen molar-refractivity contribution in [1.82, 2.24) is 0 Å². The van der Waals surface area contributed by atoms with E-state index in [1.165, 1.54) is 4.90 Å². The van der Waals surface area contributed by atoms with Crippen LogP contribution < -0.4 is 15.0 Å². The molecule has 152 valence electrons. The van der Waals surface area contributed by atoms with Crippen LogP contribution in [0.3, 0.4) is 0 Å². The second-order valence-electron chi connectivity index (χ2n) is 7.34. The van der Waals surface area contributed by atoms with Crippen molar-refractivity contribution in [2.75, 3.05) is 10.2 Å². The quantitative estimate of drug-likeness (QED) is 0.499. The molecule has 1 heterocycles. The third-order valence-corrected chi connectivity index (χ3v) is 5.51. The first kappa shape index (κ1) is 20.2. The van der Waals surface area contributed by atoms with E-state index in [1.807, 2.05) is 80.6 Å². The number of ether oxygens (including phenoxy) is 1. The highest BCUT2D eigenvalue weighted by Crippen LogP contribution is 2.29. The summed E-state index contributed by atoms with van der Waals surface area (Å²) in [5.41, 5.74) is 3.41. The summed E-state index contributed by atoms with van der Waals surface area (Å²) >= 11 is 3.40. The van der Waals surface area contributed by atoms with Crippen LogP contribution in [0.1, 0.15) is 17.5 Å². The Bertz CT molecular complexity index is 1090. The Labute approximate surface area is 183 Å². The van der Waals surface area contributed by atoms with E-state index in [-0.39, 0.29) is 18.2 Å². The third-order valence-electron chi connectivity index (χ3n) is 4.98. The van der Waals surface area contributed by atoms with Gasteiger partial charge in [-0.15, -0.1) is 0 Å². The number of nitrogens with one attached hydrogen (secondary N) is 1. The molecule has 6 heteroatoms. The molecule has 0 saturated carbocycles. The van der Waals surface area contributed by atoms with E-state index < -0.39 is 6.04 Å². The van der Waals surface area contributed by atoms with E-state index >= 15 is 0 Å². The Hall–Kier alpha value is -3.12. The first-order valence-electron chi connectivity index (χ1n) is 9.65. The van der Waals surface area contributed by atoms with E-state index in [2.05, 4.69) is 21.2 Å². The molecular weight excluding hydrogens is 444 g/mol. The minimum Gasteiger partial charge on any atom is -0.457 e. The molecule has 3 aromatic rings. The number of benzene rings is 3. The number of anilines is 2.